The summed E-state index contributed by atoms with van der Waals surface area (Å²) in [6.45, 7) is 3.08. The Morgan fingerprint density at radius 3 is 2.58 bits per heavy atom. The van der Waals surface area contributed by atoms with Gasteiger partial charge >= 0.3 is 6.18 Å². The van der Waals surface area contributed by atoms with Crippen molar-refractivity contribution < 1.29 is 13.2 Å². The second-order valence-electron chi connectivity index (χ2n) is 6.07. The largest absolute Gasteiger partial charge is 0.416 e. The first kappa shape index (κ1) is 17.7. The average molecular weight is 372 g/mol. The van der Waals surface area contributed by atoms with Crippen LogP contribution >= 0.6 is 23.5 Å². The lowest BCUT2D eigenvalue weighted by Gasteiger charge is -2.28. The fraction of sp³-hybridized carbons (Fsp3) is 0.471. The number of hydrogen-bond acceptors (Lipinski definition) is 3. The number of benzene rings is 1. The van der Waals surface area contributed by atoms with Gasteiger partial charge in [-0.05, 0) is 30.5 Å². The number of nitrogens with zero attached hydrogens (tertiary/aromatic N) is 2. The average Bonchev–Trinajstić information content (AvgIpc) is 3.15. The van der Waals surface area contributed by atoms with Gasteiger partial charge in [-0.3, -0.25) is 0 Å². The van der Waals surface area contributed by atoms with E-state index in [2.05, 4.69) is 16.5 Å². The van der Waals surface area contributed by atoms with E-state index in [-0.39, 0.29) is 4.08 Å². The summed E-state index contributed by atoms with van der Waals surface area (Å²) < 4.78 is 40.2. The van der Waals surface area contributed by atoms with Gasteiger partial charge in [0, 0.05) is 29.9 Å². The Kier molecular flexibility index (Phi) is 5.20. The third-order valence-corrected chi connectivity index (χ3v) is 7.80. The number of hydrogen-bond donors (Lipinski definition) is 0. The minimum atomic E-state index is -4.27. The van der Waals surface area contributed by atoms with Crippen LogP contribution in [0.15, 0.2) is 43.0 Å². The van der Waals surface area contributed by atoms with Gasteiger partial charge in [0.05, 0.1) is 16.0 Å². The van der Waals surface area contributed by atoms with Crippen molar-refractivity contribution >= 4 is 23.5 Å². The maximum absolute atomic E-state index is 12.7. The van der Waals surface area contributed by atoms with Crippen LogP contribution in [0, 0.1) is 0 Å². The molecule has 7 heteroatoms. The molecule has 1 aromatic carbocycles. The zero-order chi connectivity index (χ0) is 17.2. The molecule has 3 rings (SSSR count). The van der Waals surface area contributed by atoms with Crippen molar-refractivity contribution in [1.29, 1.82) is 0 Å². The van der Waals surface area contributed by atoms with E-state index in [1.165, 1.54) is 12.1 Å². The van der Waals surface area contributed by atoms with E-state index in [1.807, 2.05) is 29.7 Å². The normalized spacial score (nSPS) is 24.4. The van der Waals surface area contributed by atoms with Gasteiger partial charge in [0.2, 0.25) is 0 Å². The number of thioether (sulfide) groups is 2. The van der Waals surface area contributed by atoms with Crippen molar-refractivity contribution in [2.24, 2.45) is 0 Å². The summed E-state index contributed by atoms with van der Waals surface area (Å²) in [4.78, 5) is 4.06. The highest BCUT2D eigenvalue weighted by atomic mass is 32.2. The molecule has 1 aromatic heterocycles. The first-order chi connectivity index (χ1) is 11.4. The lowest BCUT2D eigenvalue weighted by atomic mass is 10.0. The van der Waals surface area contributed by atoms with Gasteiger partial charge in [0.1, 0.15) is 0 Å². The van der Waals surface area contributed by atoms with Crippen LogP contribution in [-0.2, 0) is 19.1 Å². The summed E-state index contributed by atoms with van der Waals surface area (Å²) in [6, 6.07) is 5.61. The highest BCUT2D eigenvalue weighted by Crippen LogP contribution is 2.52. The predicted octanol–water partition coefficient (Wildman–Crippen LogP) is 5.10. The Bertz CT molecular complexity index is 655. The van der Waals surface area contributed by atoms with Crippen LogP contribution in [0.1, 0.15) is 24.5 Å². The van der Waals surface area contributed by atoms with Gasteiger partial charge in [-0.25, -0.2) is 4.98 Å². The molecule has 0 N–H and O–H groups in total. The van der Waals surface area contributed by atoms with Crippen molar-refractivity contribution in [2.75, 3.05) is 5.75 Å². The second-order valence-corrected chi connectivity index (χ2v) is 9.56. The van der Waals surface area contributed by atoms with Gasteiger partial charge in [-0.2, -0.15) is 13.2 Å². The third-order valence-electron chi connectivity index (χ3n) is 4.06. The van der Waals surface area contributed by atoms with E-state index < -0.39 is 11.7 Å². The number of imidazole rings is 1. The van der Waals surface area contributed by atoms with Gasteiger partial charge in [-0.15, -0.1) is 23.5 Å². The molecule has 0 bridgehead atoms. The van der Waals surface area contributed by atoms with Gasteiger partial charge in [0.25, 0.3) is 0 Å². The van der Waals surface area contributed by atoms with Crippen LogP contribution in [0.25, 0.3) is 0 Å². The standard InChI is InChI=1S/C17H19F3N2S2/c1-13-11-23-16(24-13,6-8-22-9-7-21-12-22)10-14-2-4-15(5-3-14)17(18,19)20/h2-5,7,9,12-13H,6,8,10-11H2,1H3. The maximum Gasteiger partial charge on any atom is 0.416 e. The molecule has 0 spiro atoms. The molecule has 1 aliphatic rings. The topological polar surface area (TPSA) is 17.8 Å². The summed E-state index contributed by atoms with van der Waals surface area (Å²) >= 11 is 3.88. The van der Waals surface area contributed by atoms with Crippen molar-refractivity contribution in [1.82, 2.24) is 9.55 Å². The number of halogens is 3. The molecule has 0 radical (unpaired) electrons. The zero-order valence-electron chi connectivity index (χ0n) is 13.3. The molecular weight excluding hydrogens is 353 g/mol. The van der Waals surface area contributed by atoms with Crippen molar-refractivity contribution in [2.45, 2.75) is 41.8 Å². The molecule has 1 fully saturated rings. The number of aromatic nitrogens is 2. The van der Waals surface area contributed by atoms with Crippen molar-refractivity contribution in [3.8, 4) is 0 Å². The molecule has 2 heterocycles. The monoisotopic (exact) mass is 372 g/mol. The molecule has 130 valence electrons. The Balaban J connectivity index is 1.72. The summed E-state index contributed by atoms with van der Waals surface area (Å²) in [7, 11) is 0. The van der Waals surface area contributed by atoms with E-state index in [4.69, 9.17) is 0 Å². The van der Waals surface area contributed by atoms with Crippen molar-refractivity contribution in [3.63, 3.8) is 0 Å². The highest BCUT2D eigenvalue weighted by Gasteiger charge is 2.39. The Labute approximate surface area is 148 Å². The van der Waals surface area contributed by atoms with Gasteiger partial charge < -0.3 is 4.57 Å². The van der Waals surface area contributed by atoms with Crippen LogP contribution < -0.4 is 0 Å². The molecule has 0 amide bonds. The minimum Gasteiger partial charge on any atom is -0.337 e. The van der Waals surface area contributed by atoms with E-state index in [1.54, 1.807) is 24.7 Å². The molecule has 1 aliphatic heterocycles. The van der Waals surface area contributed by atoms with Gasteiger partial charge in [0.15, 0.2) is 0 Å². The Hall–Kier alpha value is -1.08. The summed E-state index contributed by atoms with van der Waals surface area (Å²) in [5, 5.41) is 0.562. The lowest BCUT2D eigenvalue weighted by molar-refractivity contribution is -0.137. The quantitative estimate of drug-likeness (QED) is 0.727. The molecule has 1 saturated heterocycles. The second kappa shape index (κ2) is 7.04. The summed E-state index contributed by atoms with van der Waals surface area (Å²) in [5.74, 6) is 1.08. The Morgan fingerprint density at radius 2 is 2.04 bits per heavy atom. The molecule has 2 atom stereocenters. The molecule has 2 aromatic rings. The van der Waals surface area contributed by atoms with Crippen LogP contribution in [-0.4, -0.2) is 24.6 Å². The molecule has 0 aliphatic carbocycles. The maximum atomic E-state index is 12.7. The first-order valence-electron chi connectivity index (χ1n) is 7.80. The van der Waals surface area contributed by atoms with Crippen molar-refractivity contribution in [3.05, 3.63) is 54.1 Å². The van der Waals surface area contributed by atoms with Gasteiger partial charge in [-0.1, -0.05) is 19.1 Å². The Morgan fingerprint density at radius 1 is 1.29 bits per heavy atom. The van der Waals surface area contributed by atoms with Crippen LogP contribution in [0.4, 0.5) is 13.2 Å². The molecule has 2 nitrogen and oxygen atoms in total. The first-order valence-corrected chi connectivity index (χ1v) is 9.66. The number of alkyl halides is 3. The molecule has 2 unspecified atom stereocenters. The molecule has 24 heavy (non-hydrogen) atoms. The molecular formula is C17H19F3N2S2. The summed E-state index contributed by atoms with van der Waals surface area (Å²) in [6.07, 6.45) is 2.98. The van der Waals surface area contributed by atoms with E-state index in [0.29, 0.717) is 5.25 Å². The van der Waals surface area contributed by atoms with E-state index >= 15 is 0 Å². The number of rotatable bonds is 5. The highest BCUT2D eigenvalue weighted by molar-refractivity contribution is 8.21. The van der Waals surface area contributed by atoms with Crippen LogP contribution in [0.3, 0.4) is 0 Å². The fourth-order valence-corrected chi connectivity index (χ4v) is 6.54. The summed E-state index contributed by atoms with van der Waals surface area (Å²) in [5.41, 5.74) is 0.376. The molecule has 0 saturated carbocycles. The van der Waals surface area contributed by atoms with Crippen LogP contribution in [0.5, 0.6) is 0 Å². The lowest BCUT2D eigenvalue weighted by Crippen LogP contribution is -2.23. The third kappa shape index (κ3) is 4.30. The zero-order valence-corrected chi connectivity index (χ0v) is 14.9. The minimum absolute atomic E-state index is 0.0173. The smallest absolute Gasteiger partial charge is 0.337 e. The van der Waals surface area contributed by atoms with E-state index in [0.717, 1.165) is 30.7 Å². The predicted molar refractivity (Wildman–Crippen MR) is 94.2 cm³/mol. The fourth-order valence-electron chi connectivity index (χ4n) is 2.86. The van der Waals surface area contributed by atoms with Crippen LogP contribution in [0.2, 0.25) is 0 Å². The number of aryl methyl sites for hydroxylation is 1. The van der Waals surface area contributed by atoms with E-state index in [9.17, 15) is 13.2 Å². The SMILES string of the molecule is CC1CSC(CCn2ccnc2)(Cc2ccc(C(F)(F)F)cc2)S1.